The first kappa shape index (κ1) is 16.0. The molecule has 0 amide bonds. The van der Waals surface area contributed by atoms with Gasteiger partial charge < -0.3 is 14.4 Å². The second-order valence-electron chi connectivity index (χ2n) is 5.52. The van der Waals surface area contributed by atoms with Crippen LogP contribution in [-0.2, 0) is 9.47 Å². The van der Waals surface area contributed by atoms with Crippen LogP contribution in [0.4, 0.5) is 17.6 Å². The number of likely N-dealkylation sites (tertiary alicyclic amines) is 1. The molecule has 2 aliphatic heterocycles. The van der Waals surface area contributed by atoms with Crippen molar-refractivity contribution in [3.05, 3.63) is 0 Å². The first-order valence-electron chi connectivity index (χ1n) is 7.07. The maximum atomic E-state index is 12.6. The van der Waals surface area contributed by atoms with E-state index < -0.39 is 19.0 Å². The van der Waals surface area contributed by atoms with Gasteiger partial charge in [0, 0.05) is 26.2 Å². The van der Waals surface area contributed by atoms with Crippen molar-refractivity contribution in [3.63, 3.8) is 0 Å². The minimum absolute atomic E-state index is 0.0561. The van der Waals surface area contributed by atoms with Crippen molar-refractivity contribution in [2.45, 2.75) is 37.7 Å². The number of nitrogens with zero attached hydrogens (tertiary/aromatic N) is 1. The van der Waals surface area contributed by atoms with Gasteiger partial charge in [-0.3, -0.25) is 0 Å². The molecular formula is C13H21F4NO2. The third kappa shape index (κ3) is 4.30. The Balaban J connectivity index is 1.63. The summed E-state index contributed by atoms with van der Waals surface area (Å²) < 4.78 is 59.5. The molecule has 2 heterocycles. The number of alkyl halides is 4. The largest absolute Gasteiger partial charge is 0.378 e. The van der Waals surface area contributed by atoms with Crippen molar-refractivity contribution in [1.29, 1.82) is 0 Å². The van der Waals surface area contributed by atoms with Crippen LogP contribution in [0.5, 0.6) is 0 Å². The van der Waals surface area contributed by atoms with Crippen molar-refractivity contribution in [2.24, 2.45) is 5.92 Å². The average Bonchev–Trinajstić information content (AvgIpc) is 2.43. The summed E-state index contributed by atoms with van der Waals surface area (Å²) in [6.07, 6.45) is -0.211. The molecule has 2 saturated heterocycles. The summed E-state index contributed by atoms with van der Waals surface area (Å²) in [6.45, 7) is 1.89. The number of fused-ring (bicyclic) bond motifs is 1. The highest BCUT2D eigenvalue weighted by Gasteiger charge is 2.41. The number of piperidine rings is 1. The molecule has 0 radical (unpaired) electrons. The summed E-state index contributed by atoms with van der Waals surface area (Å²) in [5.74, 6) is -3.55. The lowest BCUT2D eigenvalue weighted by Gasteiger charge is -2.41. The molecule has 0 N–H and O–H groups in total. The van der Waals surface area contributed by atoms with E-state index in [1.807, 2.05) is 0 Å². The van der Waals surface area contributed by atoms with Crippen molar-refractivity contribution in [3.8, 4) is 0 Å². The van der Waals surface area contributed by atoms with Gasteiger partial charge in [-0.2, -0.15) is 8.78 Å². The number of halogens is 4. The normalized spacial score (nSPS) is 28.6. The smallest absolute Gasteiger partial charge is 0.330 e. The Morgan fingerprint density at radius 2 is 2.10 bits per heavy atom. The molecule has 0 unspecified atom stereocenters. The van der Waals surface area contributed by atoms with E-state index in [0.29, 0.717) is 18.6 Å². The molecule has 0 bridgehead atoms. The molecule has 2 aliphatic rings. The van der Waals surface area contributed by atoms with Gasteiger partial charge in [0.2, 0.25) is 0 Å². The molecule has 2 atom stereocenters. The summed E-state index contributed by atoms with van der Waals surface area (Å²) in [5, 5.41) is 0. The third-order valence-electron chi connectivity index (χ3n) is 3.97. The van der Waals surface area contributed by atoms with Crippen molar-refractivity contribution >= 4 is 0 Å². The van der Waals surface area contributed by atoms with E-state index in [0.717, 1.165) is 39.0 Å². The lowest BCUT2D eigenvalue weighted by atomic mass is 9.88. The molecule has 0 aliphatic carbocycles. The van der Waals surface area contributed by atoms with Crippen LogP contribution in [0.1, 0.15) is 19.3 Å². The molecule has 118 valence electrons. The van der Waals surface area contributed by atoms with Crippen LogP contribution in [-0.4, -0.2) is 62.8 Å². The highest BCUT2D eigenvalue weighted by Crippen LogP contribution is 2.28. The molecule has 0 aromatic rings. The zero-order valence-electron chi connectivity index (χ0n) is 11.4. The summed E-state index contributed by atoms with van der Waals surface area (Å²) in [7, 11) is 0. The predicted molar refractivity (Wildman–Crippen MR) is 65.3 cm³/mol. The molecule has 7 heteroatoms. The van der Waals surface area contributed by atoms with E-state index >= 15 is 0 Å². The van der Waals surface area contributed by atoms with Gasteiger partial charge in [-0.25, -0.2) is 8.78 Å². The number of ether oxygens (including phenoxy) is 2. The van der Waals surface area contributed by atoms with E-state index in [4.69, 9.17) is 9.47 Å². The molecule has 3 nitrogen and oxygen atoms in total. The van der Waals surface area contributed by atoms with E-state index in [-0.39, 0.29) is 6.61 Å². The molecule has 20 heavy (non-hydrogen) atoms. The van der Waals surface area contributed by atoms with Crippen LogP contribution >= 0.6 is 0 Å². The summed E-state index contributed by atoms with van der Waals surface area (Å²) in [4.78, 5) is 2.14. The summed E-state index contributed by atoms with van der Waals surface area (Å²) >= 11 is 0. The maximum absolute atomic E-state index is 12.6. The molecule has 0 aromatic heterocycles. The first-order valence-corrected chi connectivity index (χ1v) is 7.07. The van der Waals surface area contributed by atoms with Crippen molar-refractivity contribution in [2.75, 3.05) is 39.5 Å². The molecule has 0 saturated carbocycles. The van der Waals surface area contributed by atoms with E-state index in [9.17, 15) is 17.6 Å². The van der Waals surface area contributed by atoms with Gasteiger partial charge in [0.25, 0.3) is 0 Å². The van der Waals surface area contributed by atoms with Gasteiger partial charge in [-0.1, -0.05) is 0 Å². The fraction of sp³-hybridized carbons (Fsp3) is 1.00. The lowest BCUT2D eigenvalue weighted by molar-refractivity contribution is -0.167. The standard InChI is InChI=1S/C13H21F4NO2/c14-12(15)13(16,17)9-19-7-5-18-4-3-11-10(8-18)2-1-6-20-11/h10-12H,1-9H2/t10-,11-/m0/s1. The predicted octanol–water partition coefficient (Wildman–Crippen LogP) is 2.40. The van der Waals surface area contributed by atoms with Crippen LogP contribution in [0, 0.1) is 5.92 Å². The monoisotopic (exact) mass is 299 g/mol. The fourth-order valence-electron chi connectivity index (χ4n) is 2.83. The number of hydrogen-bond acceptors (Lipinski definition) is 3. The zero-order valence-corrected chi connectivity index (χ0v) is 11.4. The quantitative estimate of drug-likeness (QED) is 0.555. The van der Waals surface area contributed by atoms with Gasteiger partial charge in [0.05, 0.1) is 12.7 Å². The van der Waals surface area contributed by atoms with Gasteiger partial charge in [0.15, 0.2) is 0 Å². The Bertz CT molecular complexity index is 304. The van der Waals surface area contributed by atoms with Gasteiger partial charge in [-0.05, 0) is 25.2 Å². The summed E-state index contributed by atoms with van der Waals surface area (Å²) in [5.41, 5.74) is 0. The SMILES string of the molecule is FC(F)C(F)(F)COCCN1CC[C@@H]2OCCC[C@H]2C1. The van der Waals surface area contributed by atoms with Crippen LogP contribution in [0.2, 0.25) is 0 Å². The number of rotatable bonds is 6. The Hall–Kier alpha value is -0.400. The summed E-state index contributed by atoms with van der Waals surface area (Å²) in [6, 6.07) is 0. The van der Waals surface area contributed by atoms with Crippen molar-refractivity contribution in [1.82, 2.24) is 4.90 Å². The zero-order chi connectivity index (χ0) is 14.6. The first-order chi connectivity index (χ1) is 9.49. The molecule has 0 aromatic carbocycles. The Morgan fingerprint density at radius 1 is 1.30 bits per heavy atom. The highest BCUT2D eigenvalue weighted by molar-refractivity contribution is 4.83. The Morgan fingerprint density at radius 3 is 2.85 bits per heavy atom. The number of hydrogen-bond donors (Lipinski definition) is 0. The Kier molecular flexibility index (Phi) is 5.63. The maximum Gasteiger partial charge on any atom is 0.330 e. The van der Waals surface area contributed by atoms with Crippen LogP contribution in [0.15, 0.2) is 0 Å². The van der Waals surface area contributed by atoms with Crippen LogP contribution < -0.4 is 0 Å². The van der Waals surface area contributed by atoms with Gasteiger partial charge in [-0.15, -0.1) is 0 Å². The molecule has 2 rings (SSSR count). The second-order valence-corrected chi connectivity index (χ2v) is 5.52. The lowest BCUT2D eigenvalue weighted by Crippen LogP contribution is -2.47. The minimum atomic E-state index is -4.05. The highest BCUT2D eigenvalue weighted by atomic mass is 19.3. The van der Waals surface area contributed by atoms with Crippen molar-refractivity contribution < 1.29 is 27.0 Å². The topological polar surface area (TPSA) is 21.7 Å². The van der Waals surface area contributed by atoms with E-state index in [1.165, 1.54) is 0 Å². The second kappa shape index (κ2) is 7.04. The van der Waals surface area contributed by atoms with Crippen LogP contribution in [0.3, 0.4) is 0 Å². The fourth-order valence-corrected chi connectivity index (χ4v) is 2.83. The van der Waals surface area contributed by atoms with E-state index in [1.54, 1.807) is 0 Å². The molecule has 0 spiro atoms. The van der Waals surface area contributed by atoms with Gasteiger partial charge in [0.1, 0.15) is 6.61 Å². The molecular weight excluding hydrogens is 278 g/mol. The van der Waals surface area contributed by atoms with E-state index in [2.05, 4.69) is 4.90 Å². The van der Waals surface area contributed by atoms with Crippen LogP contribution in [0.25, 0.3) is 0 Å². The molecule has 2 fully saturated rings. The third-order valence-corrected chi connectivity index (χ3v) is 3.97. The van der Waals surface area contributed by atoms with Gasteiger partial charge >= 0.3 is 12.3 Å². The Labute approximate surface area is 116 Å². The minimum Gasteiger partial charge on any atom is -0.378 e. The average molecular weight is 299 g/mol.